The maximum absolute atomic E-state index is 13.5. The minimum atomic E-state index is -4.54. The number of nitrogens with zero attached hydrogens (tertiary/aromatic N) is 4. The van der Waals surface area contributed by atoms with Gasteiger partial charge in [-0.3, -0.25) is 4.79 Å². The monoisotopic (exact) mass is 493 g/mol. The van der Waals surface area contributed by atoms with Crippen molar-refractivity contribution in [2.45, 2.75) is 50.0 Å². The van der Waals surface area contributed by atoms with Gasteiger partial charge in [0.15, 0.2) is 0 Å². The molecule has 2 aromatic rings. The summed E-state index contributed by atoms with van der Waals surface area (Å²) in [7, 11) is 5.12. The van der Waals surface area contributed by atoms with Gasteiger partial charge < -0.3 is 24.6 Å². The smallest absolute Gasteiger partial charge is 0.417 e. The van der Waals surface area contributed by atoms with E-state index in [4.69, 9.17) is 9.47 Å². The SMILES string of the molecule is COc1ncc(C(F)(F)F)cc1NC1CC(c2cccnc2N(C)C)N(C(=O)[C@H]2CCCCO2)C1. The van der Waals surface area contributed by atoms with Crippen molar-refractivity contribution in [3.63, 3.8) is 0 Å². The average Bonchev–Trinajstić information content (AvgIpc) is 3.27. The zero-order valence-corrected chi connectivity index (χ0v) is 20.0. The number of amides is 1. The van der Waals surface area contributed by atoms with Gasteiger partial charge in [-0.1, -0.05) is 6.07 Å². The zero-order chi connectivity index (χ0) is 25.2. The highest BCUT2D eigenvalue weighted by Crippen LogP contribution is 2.40. The number of hydrogen-bond donors (Lipinski definition) is 1. The Morgan fingerprint density at radius 3 is 2.74 bits per heavy atom. The molecular weight excluding hydrogens is 463 g/mol. The van der Waals surface area contributed by atoms with Crippen LogP contribution in [0, 0.1) is 0 Å². The number of pyridine rings is 2. The molecule has 2 fully saturated rings. The van der Waals surface area contributed by atoms with Gasteiger partial charge in [-0.25, -0.2) is 9.97 Å². The molecule has 0 saturated carbocycles. The molecule has 11 heteroatoms. The molecule has 3 atom stereocenters. The van der Waals surface area contributed by atoms with Crippen LogP contribution in [0.3, 0.4) is 0 Å². The number of likely N-dealkylation sites (tertiary alicyclic amines) is 1. The van der Waals surface area contributed by atoms with Gasteiger partial charge in [0.25, 0.3) is 5.91 Å². The summed E-state index contributed by atoms with van der Waals surface area (Å²) >= 11 is 0. The number of rotatable bonds is 6. The second-order valence-electron chi connectivity index (χ2n) is 9.03. The van der Waals surface area contributed by atoms with E-state index in [-0.39, 0.29) is 29.6 Å². The minimum absolute atomic E-state index is 0.0605. The summed E-state index contributed by atoms with van der Waals surface area (Å²) in [6.07, 6.45) is 0.352. The van der Waals surface area contributed by atoms with Gasteiger partial charge in [-0.2, -0.15) is 13.2 Å². The lowest BCUT2D eigenvalue weighted by Gasteiger charge is -2.32. The summed E-state index contributed by atoms with van der Waals surface area (Å²) < 4.78 is 50.9. The van der Waals surface area contributed by atoms with Crippen LogP contribution in [0.4, 0.5) is 24.7 Å². The van der Waals surface area contributed by atoms with Crippen LogP contribution in [-0.4, -0.2) is 67.3 Å². The molecular formula is C24H30F3N5O3. The molecule has 0 bridgehead atoms. The molecule has 1 N–H and O–H groups in total. The molecule has 4 rings (SSSR count). The van der Waals surface area contributed by atoms with Gasteiger partial charge in [0.05, 0.1) is 24.4 Å². The standard InChI is InChI=1S/C24H30F3N5O3/c1-31(2)21-17(7-6-9-28-21)19-12-16(14-32(19)23(33)20-8-4-5-10-35-20)30-18-11-15(24(25,26)27)13-29-22(18)34-3/h6-7,9,11,13,16,19-20,30H,4-5,8,10,12,14H2,1-3H3/t16?,19?,20-/m1/s1. The Kier molecular flexibility index (Phi) is 7.34. The lowest BCUT2D eigenvalue weighted by atomic mass is 10.0. The van der Waals surface area contributed by atoms with Crippen molar-refractivity contribution in [3.05, 3.63) is 41.7 Å². The van der Waals surface area contributed by atoms with E-state index in [0.29, 0.717) is 26.0 Å². The Morgan fingerprint density at radius 2 is 2.09 bits per heavy atom. The van der Waals surface area contributed by atoms with E-state index >= 15 is 0 Å². The van der Waals surface area contributed by atoms with Crippen LogP contribution in [0.1, 0.15) is 42.9 Å². The van der Waals surface area contributed by atoms with Gasteiger partial charge in [0.2, 0.25) is 5.88 Å². The molecule has 0 radical (unpaired) electrons. The van der Waals surface area contributed by atoms with Crippen molar-refractivity contribution in [1.82, 2.24) is 14.9 Å². The van der Waals surface area contributed by atoms with Crippen molar-refractivity contribution in [2.75, 3.05) is 44.6 Å². The first-order chi connectivity index (χ1) is 16.7. The Bertz CT molecular complexity index is 1040. The Morgan fingerprint density at radius 1 is 1.29 bits per heavy atom. The number of aromatic nitrogens is 2. The van der Waals surface area contributed by atoms with E-state index in [2.05, 4.69) is 15.3 Å². The second kappa shape index (κ2) is 10.3. The van der Waals surface area contributed by atoms with Crippen molar-refractivity contribution in [1.29, 1.82) is 0 Å². The number of carbonyl (C=O) groups excluding carboxylic acids is 1. The fraction of sp³-hybridized carbons (Fsp3) is 0.542. The summed E-state index contributed by atoms with van der Waals surface area (Å²) in [4.78, 5) is 25.5. The van der Waals surface area contributed by atoms with Crippen molar-refractivity contribution in [2.24, 2.45) is 0 Å². The first-order valence-electron chi connectivity index (χ1n) is 11.6. The number of ether oxygens (including phenoxy) is 2. The van der Waals surface area contributed by atoms with Crippen LogP contribution in [-0.2, 0) is 15.7 Å². The van der Waals surface area contributed by atoms with Crippen molar-refractivity contribution in [3.8, 4) is 5.88 Å². The highest BCUT2D eigenvalue weighted by molar-refractivity contribution is 5.82. The number of anilines is 2. The van der Waals surface area contributed by atoms with E-state index in [1.807, 2.05) is 31.1 Å². The lowest BCUT2D eigenvalue weighted by molar-refractivity contribution is -0.147. The summed E-state index contributed by atoms with van der Waals surface area (Å²) in [6, 6.07) is 4.10. The number of methoxy groups -OCH3 is 1. The third kappa shape index (κ3) is 5.44. The van der Waals surface area contributed by atoms with Crippen molar-refractivity contribution < 1.29 is 27.4 Å². The van der Waals surface area contributed by atoms with E-state index in [1.54, 1.807) is 11.1 Å². The van der Waals surface area contributed by atoms with Gasteiger partial charge in [-0.15, -0.1) is 0 Å². The Labute approximate surface area is 202 Å². The molecule has 0 aromatic carbocycles. The molecule has 2 aliphatic rings. The number of nitrogens with one attached hydrogen (secondary N) is 1. The van der Waals surface area contributed by atoms with Crippen LogP contribution in [0.25, 0.3) is 0 Å². The van der Waals surface area contributed by atoms with Gasteiger partial charge in [0.1, 0.15) is 11.9 Å². The van der Waals surface area contributed by atoms with Crippen LogP contribution in [0.5, 0.6) is 5.88 Å². The van der Waals surface area contributed by atoms with Gasteiger partial charge >= 0.3 is 6.18 Å². The molecule has 2 saturated heterocycles. The van der Waals surface area contributed by atoms with E-state index in [0.717, 1.165) is 36.5 Å². The predicted molar refractivity (Wildman–Crippen MR) is 124 cm³/mol. The third-order valence-electron chi connectivity index (χ3n) is 6.37. The number of hydrogen-bond acceptors (Lipinski definition) is 7. The molecule has 0 aliphatic carbocycles. The zero-order valence-electron chi connectivity index (χ0n) is 20.0. The molecule has 2 aromatic heterocycles. The third-order valence-corrected chi connectivity index (χ3v) is 6.37. The predicted octanol–water partition coefficient (Wildman–Crippen LogP) is 3.89. The molecule has 4 heterocycles. The highest BCUT2D eigenvalue weighted by atomic mass is 19.4. The number of alkyl halides is 3. The molecule has 2 unspecified atom stereocenters. The highest BCUT2D eigenvalue weighted by Gasteiger charge is 2.41. The summed E-state index contributed by atoms with van der Waals surface area (Å²) in [5.41, 5.74) is 0.134. The fourth-order valence-corrected chi connectivity index (χ4v) is 4.74. The van der Waals surface area contributed by atoms with Crippen LogP contribution >= 0.6 is 0 Å². The summed E-state index contributed by atoms with van der Waals surface area (Å²) in [5, 5.41) is 3.15. The molecule has 190 valence electrons. The van der Waals surface area contributed by atoms with Crippen LogP contribution in [0.2, 0.25) is 0 Å². The fourth-order valence-electron chi connectivity index (χ4n) is 4.74. The summed E-state index contributed by atoms with van der Waals surface area (Å²) in [6.45, 7) is 0.837. The molecule has 35 heavy (non-hydrogen) atoms. The number of halogens is 3. The van der Waals surface area contributed by atoms with Gasteiger partial charge in [-0.05, 0) is 37.8 Å². The largest absolute Gasteiger partial charge is 0.480 e. The molecule has 1 amide bonds. The van der Waals surface area contributed by atoms with Crippen LogP contribution < -0.4 is 15.0 Å². The minimum Gasteiger partial charge on any atom is -0.480 e. The van der Waals surface area contributed by atoms with Crippen LogP contribution in [0.15, 0.2) is 30.6 Å². The molecule has 8 nitrogen and oxygen atoms in total. The quantitative estimate of drug-likeness (QED) is 0.654. The summed E-state index contributed by atoms with van der Waals surface area (Å²) in [5.74, 6) is 0.686. The normalized spacial score (nSPS) is 22.7. The molecule has 2 aliphatic heterocycles. The lowest BCUT2D eigenvalue weighted by Crippen LogP contribution is -2.42. The van der Waals surface area contributed by atoms with Crippen molar-refractivity contribution >= 4 is 17.4 Å². The Balaban J connectivity index is 1.65. The maximum atomic E-state index is 13.5. The van der Waals surface area contributed by atoms with E-state index in [1.165, 1.54) is 7.11 Å². The average molecular weight is 494 g/mol. The number of carbonyl (C=O) groups is 1. The second-order valence-corrected chi connectivity index (χ2v) is 9.03. The van der Waals surface area contributed by atoms with E-state index < -0.39 is 17.8 Å². The van der Waals surface area contributed by atoms with Gasteiger partial charge in [0, 0.05) is 51.2 Å². The van der Waals surface area contributed by atoms with E-state index in [9.17, 15) is 18.0 Å². The first-order valence-corrected chi connectivity index (χ1v) is 11.6. The maximum Gasteiger partial charge on any atom is 0.417 e. The topological polar surface area (TPSA) is 79.8 Å². The Hall–Kier alpha value is -3.08. The first kappa shape index (κ1) is 25.0. The molecule has 0 spiro atoms.